The van der Waals surface area contributed by atoms with Crippen molar-refractivity contribution in [1.82, 2.24) is 9.29 Å². The Bertz CT molecular complexity index is 625. The SMILES string of the molecule is Cc1[nH]c(C(=O)O)c(C)c1S(=O)(=O)N(C)CC(C)(C)O. The highest BCUT2D eigenvalue weighted by molar-refractivity contribution is 7.89. The van der Waals surface area contributed by atoms with Crippen LogP contribution in [0.2, 0.25) is 0 Å². The molecule has 1 heterocycles. The van der Waals surface area contributed by atoms with E-state index in [0.29, 0.717) is 0 Å². The first-order valence-corrected chi connectivity index (χ1v) is 7.43. The number of sulfonamides is 1. The summed E-state index contributed by atoms with van der Waals surface area (Å²) >= 11 is 0. The Morgan fingerprint density at radius 3 is 2.20 bits per heavy atom. The zero-order valence-electron chi connectivity index (χ0n) is 12.2. The van der Waals surface area contributed by atoms with Crippen LogP contribution in [-0.4, -0.2) is 53.1 Å². The minimum absolute atomic E-state index is 0.0540. The average molecular weight is 304 g/mol. The summed E-state index contributed by atoms with van der Waals surface area (Å²) in [5.41, 5.74) is -0.895. The van der Waals surface area contributed by atoms with Crippen molar-refractivity contribution in [2.75, 3.05) is 13.6 Å². The van der Waals surface area contributed by atoms with Crippen LogP contribution >= 0.6 is 0 Å². The molecule has 8 heteroatoms. The second kappa shape index (κ2) is 5.19. The topological polar surface area (TPSA) is 111 Å². The van der Waals surface area contributed by atoms with Crippen molar-refractivity contribution in [3.63, 3.8) is 0 Å². The highest BCUT2D eigenvalue weighted by Crippen LogP contribution is 2.26. The molecule has 20 heavy (non-hydrogen) atoms. The molecule has 0 bridgehead atoms. The number of hydrogen-bond donors (Lipinski definition) is 3. The number of likely N-dealkylation sites (N-methyl/N-ethyl adjacent to an activating group) is 1. The zero-order chi connectivity index (χ0) is 15.9. The molecule has 1 rings (SSSR count). The Balaban J connectivity index is 3.33. The Kier molecular flexibility index (Phi) is 4.33. The van der Waals surface area contributed by atoms with Gasteiger partial charge in [-0.25, -0.2) is 13.2 Å². The second-order valence-corrected chi connectivity index (χ2v) is 7.44. The lowest BCUT2D eigenvalue weighted by Crippen LogP contribution is -2.39. The van der Waals surface area contributed by atoms with Gasteiger partial charge in [-0.1, -0.05) is 0 Å². The second-order valence-electron chi connectivity index (χ2n) is 5.46. The van der Waals surface area contributed by atoms with Crippen molar-refractivity contribution >= 4 is 16.0 Å². The average Bonchev–Trinajstić information content (AvgIpc) is 2.51. The normalized spacial score (nSPS) is 12.9. The van der Waals surface area contributed by atoms with E-state index in [-0.39, 0.29) is 28.4 Å². The minimum Gasteiger partial charge on any atom is -0.477 e. The number of rotatable bonds is 5. The van der Waals surface area contributed by atoms with Crippen molar-refractivity contribution < 1.29 is 23.4 Å². The Hall–Kier alpha value is -1.38. The highest BCUT2D eigenvalue weighted by Gasteiger charge is 2.32. The van der Waals surface area contributed by atoms with Crippen LogP contribution in [0.4, 0.5) is 0 Å². The van der Waals surface area contributed by atoms with Gasteiger partial charge in [0.1, 0.15) is 10.6 Å². The molecule has 0 saturated carbocycles. The summed E-state index contributed by atoms with van der Waals surface area (Å²) in [6.45, 7) is 5.85. The molecule has 1 aromatic rings. The van der Waals surface area contributed by atoms with Gasteiger partial charge in [0.2, 0.25) is 10.0 Å². The molecule has 0 atom stereocenters. The van der Waals surface area contributed by atoms with Crippen LogP contribution in [0, 0.1) is 13.8 Å². The van der Waals surface area contributed by atoms with E-state index in [2.05, 4.69) is 4.98 Å². The Morgan fingerprint density at radius 2 is 1.85 bits per heavy atom. The van der Waals surface area contributed by atoms with Gasteiger partial charge < -0.3 is 15.2 Å². The van der Waals surface area contributed by atoms with Crippen LogP contribution in [0.15, 0.2) is 4.90 Å². The summed E-state index contributed by atoms with van der Waals surface area (Å²) < 4.78 is 26.0. The van der Waals surface area contributed by atoms with Crippen LogP contribution in [0.1, 0.15) is 35.6 Å². The summed E-state index contributed by atoms with van der Waals surface area (Å²) in [6.07, 6.45) is 0. The lowest BCUT2D eigenvalue weighted by molar-refractivity contribution is 0.0638. The molecular weight excluding hydrogens is 284 g/mol. The fourth-order valence-electron chi connectivity index (χ4n) is 2.12. The van der Waals surface area contributed by atoms with Crippen LogP contribution < -0.4 is 0 Å². The van der Waals surface area contributed by atoms with Gasteiger partial charge in [0.05, 0.1) is 5.60 Å². The molecule has 0 amide bonds. The summed E-state index contributed by atoms with van der Waals surface area (Å²) in [4.78, 5) is 13.5. The first-order valence-electron chi connectivity index (χ1n) is 5.99. The van der Waals surface area contributed by atoms with Crippen LogP contribution in [0.25, 0.3) is 0 Å². The first-order chi connectivity index (χ1) is 8.88. The van der Waals surface area contributed by atoms with E-state index in [1.54, 1.807) is 0 Å². The summed E-state index contributed by atoms with van der Waals surface area (Å²) in [7, 11) is -2.52. The Labute approximate surface area is 118 Å². The molecule has 0 aliphatic carbocycles. The number of nitrogens with one attached hydrogen (secondary N) is 1. The standard InChI is InChI=1S/C12H20N2O5S/c1-7-9(11(15)16)13-8(2)10(7)20(18,19)14(5)6-12(3,4)17/h13,17H,6H2,1-5H3,(H,15,16). The fraction of sp³-hybridized carbons (Fsp3) is 0.583. The molecule has 0 unspecified atom stereocenters. The van der Waals surface area contributed by atoms with Gasteiger partial charge in [0, 0.05) is 24.8 Å². The summed E-state index contributed by atoms with van der Waals surface area (Å²) in [5.74, 6) is -1.21. The molecule has 0 aromatic carbocycles. The van der Waals surface area contributed by atoms with Gasteiger partial charge in [-0.05, 0) is 27.7 Å². The number of aromatic amines is 1. The lowest BCUT2D eigenvalue weighted by atomic mass is 10.1. The molecule has 114 valence electrons. The predicted molar refractivity (Wildman–Crippen MR) is 73.3 cm³/mol. The van der Waals surface area contributed by atoms with E-state index in [4.69, 9.17) is 5.11 Å². The third-order valence-corrected chi connectivity index (χ3v) is 4.94. The van der Waals surface area contributed by atoms with Gasteiger partial charge in [-0.3, -0.25) is 0 Å². The molecule has 0 aliphatic heterocycles. The Morgan fingerprint density at radius 1 is 1.35 bits per heavy atom. The number of carboxylic acids is 1. The molecule has 3 N–H and O–H groups in total. The third kappa shape index (κ3) is 3.20. The van der Waals surface area contributed by atoms with E-state index in [9.17, 15) is 18.3 Å². The number of aryl methyl sites for hydroxylation is 1. The van der Waals surface area contributed by atoms with Crippen LogP contribution in [0.5, 0.6) is 0 Å². The maximum absolute atomic E-state index is 12.5. The third-order valence-electron chi connectivity index (χ3n) is 2.86. The van der Waals surface area contributed by atoms with Gasteiger partial charge >= 0.3 is 5.97 Å². The number of carbonyl (C=O) groups is 1. The first kappa shape index (κ1) is 16.7. The van der Waals surface area contributed by atoms with Crippen molar-refractivity contribution in [3.8, 4) is 0 Å². The largest absolute Gasteiger partial charge is 0.477 e. The number of aromatic carboxylic acids is 1. The van der Waals surface area contributed by atoms with Crippen molar-refractivity contribution in [1.29, 1.82) is 0 Å². The number of carboxylic acid groups (broad SMARTS) is 1. The fourth-order valence-corrected chi connectivity index (χ4v) is 3.84. The lowest BCUT2D eigenvalue weighted by Gasteiger charge is -2.25. The van der Waals surface area contributed by atoms with Crippen molar-refractivity contribution in [3.05, 3.63) is 17.0 Å². The van der Waals surface area contributed by atoms with E-state index in [1.165, 1.54) is 34.7 Å². The van der Waals surface area contributed by atoms with E-state index in [0.717, 1.165) is 4.31 Å². The summed E-state index contributed by atoms with van der Waals surface area (Å²) in [6, 6.07) is 0. The smallest absolute Gasteiger partial charge is 0.352 e. The molecule has 0 aliphatic rings. The van der Waals surface area contributed by atoms with Gasteiger partial charge in [-0.2, -0.15) is 4.31 Å². The van der Waals surface area contributed by atoms with Gasteiger partial charge in [0.25, 0.3) is 0 Å². The number of aliphatic hydroxyl groups is 1. The van der Waals surface area contributed by atoms with Crippen LogP contribution in [-0.2, 0) is 10.0 Å². The summed E-state index contributed by atoms with van der Waals surface area (Å²) in [5, 5.41) is 18.7. The minimum atomic E-state index is -3.87. The maximum atomic E-state index is 12.5. The molecule has 0 spiro atoms. The van der Waals surface area contributed by atoms with Crippen LogP contribution in [0.3, 0.4) is 0 Å². The molecule has 1 aromatic heterocycles. The molecule has 0 fully saturated rings. The highest BCUT2D eigenvalue weighted by atomic mass is 32.2. The number of aromatic nitrogens is 1. The number of H-pyrrole nitrogens is 1. The molecule has 7 nitrogen and oxygen atoms in total. The van der Waals surface area contributed by atoms with E-state index >= 15 is 0 Å². The van der Waals surface area contributed by atoms with Crippen molar-refractivity contribution in [2.45, 2.75) is 38.2 Å². The van der Waals surface area contributed by atoms with Gasteiger partial charge in [-0.15, -0.1) is 0 Å². The number of nitrogens with zero attached hydrogens (tertiary/aromatic N) is 1. The maximum Gasteiger partial charge on any atom is 0.352 e. The van der Waals surface area contributed by atoms with Crippen molar-refractivity contribution in [2.24, 2.45) is 0 Å². The molecular formula is C12H20N2O5S. The molecule has 0 saturated heterocycles. The number of hydrogen-bond acceptors (Lipinski definition) is 4. The quantitative estimate of drug-likeness (QED) is 0.742. The van der Waals surface area contributed by atoms with E-state index in [1.807, 2.05) is 0 Å². The van der Waals surface area contributed by atoms with E-state index < -0.39 is 21.6 Å². The monoisotopic (exact) mass is 304 g/mol. The molecule has 0 radical (unpaired) electrons. The zero-order valence-corrected chi connectivity index (χ0v) is 13.0. The predicted octanol–water partition coefficient (Wildman–Crippen LogP) is 0.721. The van der Waals surface area contributed by atoms with Gasteiger partial charge in [0.15, 0.2) is 0 Å².